The number of nitrogens with zero attached hydrogens (tertiary/aromatic N) is 2. The van der Waals surface area contributed by atoms with Crippen LogP contribution in [0.1, 0.15) is 49.5 Å². The maximum absolute atomic E-state index is 6.23. The molecular weight excluding hydrogens is 254 g/mol. The van der Waals surface area contributed by atoms with Gasteiger partial charge in [-0.05, 0) is 24.9 Å². The molecule has 0 amide bonds. The molecule has 2 N–H and O–H groups in total. The zero-order valence-electron chi connectivity index (χ0n) is 11.7. The summed E-state index contributed by atoms with van der Waals surface area (Å²) in [7, 11) is 0. The zero-order valence-corrected chi connectivity index (χ0v) is 12.5. The molecule has 104 valence electrons. The summed E-state index contributed by atoms with van der Waals surface area (Å²) in [4.78, 5) is 4.82. The second-order valence-corrected chi connectivity index (χ2v) is 6.16. The number of imidazole rings is 1. The quantitative estimate of drug-likeness (QED) is 0.841. The molecular formula is C15H23N3S. The number of nitrogens with two attached hydrogens (primary N) is 1. The highest BCUT2D eigenvalue weighted by atomic mass is 32.2. The molecule has 0 saturated heterocycles. The molecule has 1 aromatic heterocycles. The van der Waals surface area contributed by atoms with Gasteiger partial charge in [-0.3, -0.25) is 0 Å². The van der Waals surface area contributed by atoms with Crippen molar-refractivity contribution in [2.24, 2.45) is 0 Å². The summed E-state index contributed by atoms with van der Waals surface area (Å²) in [5, 5.41) is 0. The SMILES string of the molecule is C#CCn1c(C2CCCCC2)nc(CCSC)c1N. The lowest BCUT2D eigenvalue weighted by Crippen LogP contribution is -2.13. The maximum Gasteiger partial charge on any atom is 0.127 e. The molecule has 1 aliphatic rings. The minimum atomic E-state index is 0.546. The van der Waals surface area contributed by atoms with Crippen LogP contribution in [0.5, 0.6) is 0 Å². The van der Waals surface area contributed by atoms with Crippen molar-refractivity contribution in [1.82, 2.24) is 9.55 Å². The van der Waals surface area contributed by atoms with Crippen molar-refractivity contribution in [3.05, 3.63) is 11.5 Å². The van der Waals surface area contributed by atoms with Crippen molar-refractivity contribution in [2.75, 3.05) is 17.7 Å². The molecule has 0 aliphatic heterocycles. The predicted molar refractivity (Wildman–Crippen MR) is 83.4 cm³/mol. The molecule has 0 spiro atoms. The van der Waals surface area contributed by atoms with E-state index in [2.05, 4.69) is 16.7 Å². The van der Waals surface area contributed by atoms with Gasteiger partial charge < -0.3 is 10.3 Å². The second kappa shape index (κ2) is 6.91. The Labute approximate surface area is 120 Å². The second-order valence-electron chi connectivity index (χ2n) is 5.17. The van der Waals surface area contributed by atoms with E-state index < -0.39 is 0 Å². The summed E-state index contributed by atoms with van der Waals surface area (Å²) < 4.78 is 2.06. The standard InChI is InChI=1S/C15H23N3S/c1-3-10-18-14(16)13(9-11-19-2)17-15(18)12-7-5-4-6-8-12/h1,12H,4-11,16H2,2H3. The van der Waals surface area contributed by atoms with Gasteiger partial charge in [0.25, 0.3) is 0 Å². The first-order valence-corrected chi connectivity index (χ1v) is 8.44. The predicted octanol–water partition coefficient (Wildman–Crippen LogP) is 3.05. The number of aromatic nitrogens is 2. The third-order valence-electron chi connectivity index (χ3n) is 3.88. The van der Waals surface area contributed by atoms with Crippen LogP contribution in [0.3, 0.4) is 0 Å². The summed E-state index contributed by atoms with van der Waals surface area (Å²) >= 11 is 1.82. The highest BCUT2D eigenvalue weighted by Crippen LogP contribution is 2.34. The van der Waals surface area contributed by atoms with Crippen LogP contribution in [-0.4, -0.2) is 21.6 Å². The normalized spacial score (nSPS) is 16.4. The largest absolute Gasteiger partial charge is 0.384 e. The number of terminal acetylenes is 1. The van der Waals surface area contributed by atoms with Crippen LogP contribution < -0.4 is 5.73 Å². The fourth-order valence-electron chi connectivity index (χ4n) is 2.85. The van der Waals surface area contributed by atoms with Gasteiger partial charge in [0.2, 0.25) is 0 Å². The van der Waals surface area contributed by atoms with Crippen molar-refractivity contribution in [3.8, 4) is 12.3 Å². The highest BCUT2D eigenvalue weighted by molar-refractivity contribution is 7.98. The molecule has 4 heteroatoms. The number of nitrogen functional groups attached to an aromatic ring is 1. The van der Waals surface area contributed by atoms with Gasteiger partial charge in [0.05, 0.1) is 12.2 Å². The Kier molecular flexibility index (Phi) is 5.21. The molecule has 19 heavy (non-hydrogen) atoms. The van der Waals surface area contributed by atoms with Crippen LogP contribution in [-0.2, 0) is 13.0 Å². The molecule has 0 aromatic carbocycles. The van der Waals surface area contributed by atoms with Crippen LogP contribution in [0.2, 0.25) is 0 Å². The summed E-state index contributed by atoms with van der Waals surface area (Å²) in [6.45, 7) is 0.546. The van der Waals surface area contributed by atoms with Crippen molar-refractivity contribution in [2.45, 2.75) is 51.0 Å². The van der Waals surface area contributed by atoms with Crippen LogP contribution in [0.15, 0.2) is 0 Å². The van der Waals surface area contributed by atoms with Gasteiger partial charge >= 0.3 is 0 Å². The summed E-state index contributed by atoms with van der Waals surface area (Å²) in [6, 6.07) is 0. The average Bonchev–Trinajstić information content (AvgIpc) is 2.75. The van der Waals surface area contributed by atoms with E-state index >= 15 is 0 Å². The van der Waals surface area contributed by atoms with Gasteiger partial charge in [0, 0.05) is 12.3 Å². The van der Waals surface area contributed by atoms with Crippen molar-refractivity contribution in [3.63, 3.8) is 0 Å². The van der Waals surface area contributed by atoms with Gasteiger partial charge in [-0.25, -0.2) is 4.98 Å². The van der Waals surface area contributed by atoms with E-state index in [1.165, 1.54) is 32.1 Å². The lowest BCUT2D eigenvalue weighted by Gasteiger charge is -2.21. The minimum absolute atomic E-state index is 0.546. The molecule has 1 aromatic rings. The van der Waals surface area contributed by atoms with Gasteiger partial charge in [-0.1, -0.05) is 25.2 Å². The summed E-state index contributed by atoms with van der Waals surface area (Å²) in [5.41, 5.74) is 7.27. The smallest absolute Gasteiger partial charge is 0.127 e. The van der Waals surface area contributed by atoms with Crippen LogP contribution in [0, 0.1) is 12.3 Å². The molecule has 2 rings (SSSR count). The van der Waals surface area contributed by atoms with Crippen LogP contribution >= 0.6 is 11.8 Å². The minimum Gasteiger partial charge on any atom is -0.384 e. The molecule has 0 bridgehead atoms. The molecule has 1 aliphatic carbocycles. The Morgan fingerprint density at radius 3 is 2.79 bits per heavy atom. The first-order chi connectivity index (χ1) is 9.27. The van der Waals surface area contributed by atoms with Crippen molar-refractivity contribution >= 4 is 17.6 Å². The van der Waals surface area contributed by atoms with E-state index in [4.69, 9.17) is 17.1 Å². The fraction of sp³-hybridized carbons (Fsp3) is 0.667. The van der Waals surface area contributed by atoms with Crippen LogP contribution in [0.4, 0.5) is 5.82 Å². The summed E-state index contributed by atoms with van der Waals surface area (Å²) in [6.07, 6.45) is 14.9. The number of thioether (sulfide) groups is 1. The number of hydrogen-bond acceptors (Lipinski definition) is 3. The monoisotopic (exact) mass is 277 g/mol. The number of hydrogen-bond donors (Lipinski definition) is 1. The first-order valence-electron chi connectivity index (χ1n) is 7.05. The van der Waals surface area contributed by atoms with Crippen molar-refractivity contribution in [1.29, 1.82) is 0 Å². The molecule has 1 saturated carbocycles. The third-order valence-corrected chi connectivity index (χ3v) is 4.49. The number of anilines is 1. The van der Waals surface area contributed by atoms with Gasteiger partial charge in [0.15, 0.2) is 0 Å². The highest BCUT2D eigenvalue weighted by Gasteiger charge is 2.23. The van der Waals surface area contributed by atoms with E-state index in [-0.39, 0.29) is 0 Å². The van der Waals surface area contributed by atoms with Crippen molar-refractivity contribution < 1.29 is 0 Å². The molecule has 0 atom stereocenters. The number of rotatable bonds is 5. The zero-order chi connectivity index (χ0) is 13.7. The van der Waals surface area contributed by atoms with E-state index in [1.54, 1.807) is 0 Å². The Morgan fingerprint density at radius 2 is 2.16 bits per heavy atom. The fourth-order valence-corrected chi connectivity index (χ4v) is 3.25. The van der Waals surface area contributed by atoms with E-state index in [0.717, 1.165) is 29.5 Å². The Hall–Kier alpha value is -1.08. The van der Waals surface area contributed by atoms with E-state index in [0.29, 0.717) is 12.5 Å². The Morgan fingerprint density at radius 1 is 1.42 bits per heavy atom. The molecule has 1 fully saturated rings. The lowest BCUT2D eigenvalue weighted by molar-refractivity contribution is 0.420. The van der Waals surface area contributed by atoms with E-state index in [9.17, 15) is 0 Å². The Balaban J connectivity index is 2.26. The van der Waals surface area contributed by atoms with E-state index in [1.807, 2.05) is 11.8 Å². The maximum atomic E-state index is 6.23. The van der Waals surface area contributed by atoms with Crippen LogP contribution in [0.25, 0.3) is 0 Å². The van der Waals surface area contributed by atoms with Gasteiger partial charge in [-0.15, -0.1) is 6.42 Å². The first kappa shape index (κ1) is 14.3. The summed E-state index contributed by atoms with van der Waals surface area (Å²) in [5.74, 6) is 6.23. The molecule has 0 unspecified atom stereocenters. The third kappa shape index (κ3) is 3.27. The molecule has 1 heterocycles. The Bertz CT molecular complexity index is 453. The van der Waals surface area contributed by atoms with Gasteiger partial charge in [-0.2, -0.15) is 11.8 Å². The van der Waals surface area contributed by atoms with Gasteiger partial charge in [0.1, 0.15) is 11.6 Å². The molecule has 0 radical (unpaired) electrons. The average molecular weight is 277 g/mol. The topological polar surface area (TPSA) is 43.8 Å². The number of aryl methyl sites for hydroxylation is 1. The molecule has 3 nitrogen and oxygen atoms in total. The lowest BCUT2D eigenvalue weighted by atomic mass is 9.88.